The molecule has 1 aliphatic rings. The average molecular weight is 402 g/mol. The Kier molecular flexibility index (Phi) is 7.02. The third-order valence-electron chi connectivity index (χ3n) is 4.36. The number of nitrogens with one attached hydrogen (secondary N) is 1. The van der Waals surface area contributed by atoms with Crippen molar-refractivity contribution >= 4 is 23.2 Å². The van der Waals surface area contributed by atoms with Crippen LogP contribution in [0.5, 0.6) is 11.5 Å². The zero-order valence-electron chi connectivity index (χ0n) is 16.2. The summed E-state index contributed by atoms with van der Waals surface area (Å²) in [6, 6.07) is 11.5. The van der Waals surface area contributed by atoms with E-state index >= 15 is 0 Å². The fourth-order valence-electron chi connectivity index (χ4n) is 2.94. The van der Waals surface area contributed by atoms with Gasteiger partial charge in [0.25, 0.3) is 0 Å². The molecule has 0 radical (unpaired) electrons. The molecule has 2 aromatic rings. The minimum atomic E-state index is -0.583. The molecule has 0 unspecified atom stereocenters. The van der Waals surface area contributed by atoms with Gasteiger partial charge in [0.1, 0.15) is 19.0 Å². The number of ether oxygens (including phenoxy) is 3. The van der Waals surface area contributed by atoms with Crippen molar-refractivity contribution in [3.63, 3.8) is 0 Å². The van der Waals surface area contributed by atoms with E-state index in [0.29, 0.717) is 36.9 Å². The second-order valence-electron chi connectivity index (χ2n) is 6.40. The van der Waals surface area contributed by atoms with E-state index in [9.17, 15) is 14.0 Å². The SMILES string of the molecule is COCCOc1ccc(NC(=O)CCC(=O)N2CCOc3ccccc32)cc1F. The molecule has 7 nitrogen and oxygen atoms in total. The summed E-state index contributed by atoms with van der Waals surface area (Å²) >= 11 is 0. The Morgan fingerprint density at radius 3 is 2.79 bits per heavy atom. The zero-order valence-corrected chi connectivity index (χ0v) is 16.2. The molecule has 0 spiro atoms. The molecule has 1 heterocycles. The van der Waals surface area contributed by atoms with Crippen LogP contribution in [-0.4, -0.2) is 45.3 Å². The third kappa shape index (κ3) is 5.45. The number of anilines is 2. The molecule has 0 bridgehead atoms. The molecule has 1 aliphatic heterocycles. The van der Waals surface area contributed by atoms with Gasteiger partial charge in [-0.3, -0.25) is 9.59 Å². The lowest BCUT2D eigenvalue weighted by Crippen LogP contribution is -2.38. The Hall–Kier alpha value is -3.13. The molecule has 0 aliphatic carbocycles. The number of fused-ring (bicyclic) bond motifs is 1. The maximum absolute atomic E-state index is 14.0. The van der Waals surface area contributed by atoms with Crippen molar-refractivity contribution in [2.45, 2.75) is 12.8 Å². The van der Waals surface area contributed by atoms with Gasteiger partial charge in [-0.2, -0.15) is 0 Å². The molecule has 3 rings (SSSR count). The first-order valence-corrected chi connectivity index (χ1v) is 9.32. The molecule has 8 heteroatoms. The van der Waals surface area contributed by atoms with Gasteiger partial charge in [-0.1, -0.05) is 12.1 Å². The normalized spacial score (nSPS) is 12.7. The number of hydrogen-bond acceptors (Lipinski definition) is 5. The van der Waals surface area contributed by atoms with Gasteiger partial charge in [-0.15, -0.1) is 0 Å². The van der Waals surface area contributed by atoms with Crippen molar-refractivity contribution in [3.8, 4) is 11.5 Å². The minimum Gasteiger partial charge on any atom is -0.490 e. The quantitative estimate of drug-likeness (QED) is 0.687. The highest BCUT2D eigenvalue weighted by Gasteiger charge is 2.23. The van der Waals surface area contributed by atoms with Crippen molar-refractivity contribution in [2.75, 3.05) is 43.7 Å². The van der Waals surface area contributed by atoms with E-state index in [-0.39, 0.29) is 37.0 Å². The Morgan fingerprint density at radius 1 is 1.17 bits per heavy atom. The molecular weight excluding hydrogens is 379 g/mol. The van der Waals surface area contributed by atoms with Crippen LogP contribution >= 0.6 is 0 Å². The molecule has 1 N–H and O–H groups in total. The lowest BCUT2D eigenvalue weighted by Gasteiger charge is -2.29. The lowest BCUT2D eigenvalue weighted by molar-refractivity contribution is -0.122. The van der Waals surface area contributed by atoms with Gasteiger partial charge >= 0.3 is 0 Å². The number of halogens is 1. The van der Waals surface area contributed by atoms with Gasteiger partial charge in [-0.05, 0) is 24.3 Å². The van der Waals surface area contributed by atoms with E-state index < -0.39 is 5.82 Å². The van der Waals surface area contributed by atoms with Crippen LogP contribution in [0.15, 0.2) is 42.5 Å². The van der Waals surface area contributed by atoms with E-state index in [4.69, 9.17) is 14.2 Å². The number of carbonyl (C=O) groups excluding carboxylic acids is 2. The number of rotatable bonds is 8. The number of benzene rings is 2. The Bertz CT molecular complexity index is 874. The van der Waals surface area contributed by atoms with E-state index in [1.165, 1.54) is 19.2 Å². The molecule has 154 valence electrons. The van der Waals surface area contributed by atoms with Gasteiger partial charge < -0.3 is 24.4 Å². The van der Waals surface area contributed by atoms with Gasteiger partial charge in [0, 0.05) is 31.7 Å². The number of para-hydroxylation sites is 2. The summed E-state index contributed by atoms with van der Waals surface area (Å²) in [5, 5.41) is 2.60. The number of amides is 2. The van der Waals surface area contributed by atoms with Crippen molar-refractivity contribution in [1.82, 2.24) is 0 Å². The van der Waals surface area contributed by atoms with Gasteiger partial charge in [0.15, 0.2) is 11.6 Å². The maximum atomic E-state index is 14.0. The topological polar surface area (TPSA) is 77.1 Å². The fraction of sp³-hybridized carbons (Fsp3) is 0.333. The van der Waals surface area contributed by atoms with E-state index in [1.54, 1.807) is 17.0 Å². The van der Waals surface area contributed by atoms with Crippen LogP contribution in [0, 0.1) is 5.82 Å². The fourth-order valence-corrected chi connectivity index (χ4v) is 2.94. The van der Waals surface area contributed by atoms with E-state index in [0.717, 1.165) is 0 Å². The van der Waals surface area contributed by atoms with E-state index in [1.807, 2.05) is 18.2 Å². The van der Waals surface area contributed by atoms with Crippen molar-refractivity contribution in [3.05, 3.63) is 48.3 Å². The zero-order chi connectivity index (χ0) is 20.6. The summed E-state index contributed by atoms with van der Waals surface area (Å²) in [7, 11) is 1.53. The Morgan fingerprint density at radius 2 is 2.00 bits per heavy atom. The van der Waals surface area contributed by atoms with Crippen LogP contribution < -0.4 is 19.7 Å². The minimum absolute atomic E-state index is 0.00787. The molecule has 0 atom stereocenters. The van der Waals surface area contributed by atoms with Crippen LogP contribution in [-0.2, 0) is 14.3 Å². The first kappa shape index (κ1) is 20.6. The van der Waals surface area contributed by atoms with Crippen LogP contribution in [0.1, 0.15) is 12.8 Å². The van der Waals surface area contributed by atoms with Crippen molar-refractivity contribution in [1.29, 1.82) is 0 Å². The monoisotopic (exact) mass is 402 g/mol. The predicted octanol–water partition coefficient (Wildman–Crippen LogP) is 3.00. The summed E-state index contributed by atoms with van der Waals surface area (Å²) in [6.07, 6.45) is 0.0347. The first-order chi connectivity index (χ1) is 14.1. The van der Waals surface area contributed by atoms with Crippen molar-refractivity contribution < 1.29 is 28.2 Å². The number of carbonyl (C=O) groups is 2. The summed E-state index contributed by atoms with van der Waals surface area (Å²) in [4.78, 5) is 26.3. The summed E-state index contributed by atoms with van der Waals surface area (Å²) in [5.74, 6) is -0.378. The second-order valence-corrected chi connectivity index (χ2v) is 6.40. The molecule has 29 heavy (non-hydrogen) atoms. The highest BCUT2D eigenvalue weighted by atomic mass is 19.1. The second kappa shape index (κ2) is 9.88. The largest absolute Gasteiger partial charge is 0.490 e. The highest BCUT2D eigenvalue weighted by Crippen LogP contribution is 2.31. The number of hydrogen-bond donors (Lipinski definition) is 1. The van der Waals surface area contributed by atoms with Crippen LogP contribution in [0.3, 0.4) is 0 Å². The maximum Gasteiger partial charge on any atom is 0.227 e. The molecule has 0 aromatic heterocycles. The molecule has 0 fully saturated rings. The summed E-state index contributed by atoms with van der Waals surface area (Å²) in [6.45, 7) is 1.42. The Balaban J connectivity index is 1.51. The third-order valence-corrected chi connectivity index (χ3v) is 4.36. The highest BCUT2D eigenvalue weighted by molar-refractivity contribution is 5.99. The molecule has 0 saturated heterocycles. The van der Waals surface area contributed by atoms with Gasteiger partial charge in [0.05, 0.1) is 18.8 Å². The average Bonchev–Trinajstić information content (AvgIpc) is 2.73. The molecule has 2 amide bonds. The molecule has 0 saturated carbocycles. The number of methoxy groups -OCH3 is 1. The number of nitrogens with zero attached hydrogens (tertiary/aromatic N) is 1. The van der Waals surface area contributed by atoms with Crippen LogP contribution in [0.25, 0.3) is 0 Å². The summed E-state index contributed by atoms with van der Waals surface area (Å²) < 4.78 is 29.7. The van der Waals surface area contributed by atoms with Crippen LogP contribution in [0.4, 0.5) is 15.8 Å². The molecular formula is C21H23FN2O5. The van der Waals surface area contributed by atoms with Gasteiger partial charge in [0.2, 0.25) is 11.8 Å². The van der Waals surface area contributed by atoms with Gasteiger partial charge in [-0.25, -0.2) is 4.39 Å². The first-order valence-electron chi connectivity index (χ1n) is 9.32. The molecule has 2 aromatic carbocycles. The lowest BCUT2D eigenvalue weighted by atomic mass is 10.2. The predicted molar refractivity (Wildman–Crippen MR) is 106 cm³/mol. The standard InChI is InChI=1S/C21H23FN2O5/c1-27-12-13-29-18-7-6-15(14-16(18)22)23-20(25)8-9-21(26)24-10-11-28-19-5-3-2-4-17(19)24/h2-7,14H,8-13H2,1H3,(H,23,25). The Labute approximate surface area is 168 Å². The van der Waals surface area contributed by atoms with Crippen molar-refractivity contribution in [2.24, 2.45) is 0 Å². The van der Waals surface area contributed by atoms with Crippen LogP contribution in [0.2, 0.25) is 0 Å². The summed E-state index contributed by atoms with van der Waals surface area (Å²) in [5.41, 5.74) is 1.01. The van der Waals surface area contributed by atoms with E-state index in [2.05, 4.69) is 5.32 Å². The smallest absolute Gasteiger partial charge is 0.227 e.